The van der Waals surface area contributed by atoms with E-state index in [1.807, 2.05) is 0 Å². The Morgan fingerprint density at radius 3 is 2.58 bits per heavy atom. The molecule has 31 heavy (non-hydrogen) atoms. The van der Waals surface area contributed by atoms with Gasteiger partial charge in [0.15, 0.2) is 5.58 Å². The van der Waals surface area contributed by atoms with Crippen molar-refractivity contribution in [2.24, 2.45) is 0 Å². The van der Waals surface area contributed by atoms with E-state index in [1.165, 1.54) is 4.57 Å². The fraction of sp³-hybridized carbons (Fsp3) is 0.318. The molecule has 0 saturated carbocycles. The smallest absolute Gasteiger partial charge is 0.408 e. The summed E-state index contributed by atoms with van der Waals surface area (Å²) in [6, 6.07) is 13.1. The summed E-state index contributed by atoms with van der Waals surface area (Å²) in [4.78, 5) is 41.5. The number of carbonyl (C=O) groups is 2. The van der Waals surface area contributed by atoms with Crippen LogP contribution in [0.1, 0.15) is 19.4 Å². The SMILES string of the molecule is CC(C(=O)N1CCCN(C(=O)Nc2cccc(Cl)c2)CC1)n1c(=O)oc2ccccc21. The maximum atomic E-state index is 13.1. The fourth-order valence-electron chi connectivity index (χ4n) is 3.84. The molecule has 1 aliphatic heterocycles. The Bertz CT molecular complexity index is 1170. The third-order valence-electron chi connectivity index (χ3n) is 5.43. The molecule has 0 spiro atoms. The first-order valence-corrected chi connectivity index (χ1v) is 10.5. The van der Waals surface area contributed by atoms with Crippen LogP contribution in [0.25, 0.3) is 11.1 Å². The van der Waals surface area contributed by atoms with Gasteiger partial charge >= 0.3 is 11.8 Å². The predicted molar refractivity (Wildman–Crippen MR) is 118 cm³/mol. The van der Waals surface area contributed by atoms with Crippen molar-refractivity contribution >= 4 is 40.3 Å². The number of carbonyl (C=O) groups excluding carboxylic acids is 2. The molecule has 2 aromatic carbocycles. The van der Waals surface area contributed by atoms with Crippen LogP contribution in [0.4, 0.5) is 10.5 Å². The van der Waals surface area contributed by atoms with Crippen molar-refractivity contribution in [3.63, 3.8) is 0 Å². The Morgan fingerprint density at radius 1 is 1.03 bits per heavy atom. The zero-order valence-electron chi connectivity index (χ0n) is 17.1. The normalized spacial score (nSPS) is 15.5. The van der Waals surface area contributed by atoms with Gasteiger partial charge in [0.25, 0.3) is 0 Å². The van der Waals surface area contributed by atoms with Gasteiger partial charge in [-0.05, 0) is 43.7 Å². The summed E-state index contributed by atoms with van der Waals surface area (Å²) >= 11 is 5.97. The van der Waals surface area contributed by atoms with Crippen LogP contribution in [0.3, 0.4) is 0 Å². The molecule has 3 aromatic rings. The third kappa shape index (κ3) is 4.44. The number of benzene rings is 2. The molecule has 1 fully saturated rings. The first-order valence-electron chi connectivity index (χ1n) is 10.1. The van der Waals surface area contributed by atoms with Gasteiger partial charge in [-0.3, -0.25) is 9.36 Å². The highest BCUT2D eigenvalue weighted by molar-refractivity contribution is 6.30. The second-order valence-corrected chi connectivity index (χ2v) is 7.92. The van der Waals surface area contributed by atoms with Crippen LogP contribution < -0.4 is 11.1 Å². The number of amides is 3. The number of fused-ring (bicyclic) bond motifs is 1. The molecule has 0 bridgehead atoms. The first kappa shape index (κ1) is 21.0. The molecule has 9 heteroatoms. The van der Waals surface area contributed by atoms with Gasteiger partial charge in [-0.2, -0.15) is 0 Å². The average Bonchev–Trinajstić information content (AvgIpc) is 2.91. The molecule has 8 nitrogen and oxygen atoms in total. The van der Waals surface area contributed by atoms with Gasteiger partial charge in [-0.1, -0.05) is 29.8 Å². The number of nitrogens with one attached hydrogen (secondary N) is 1. The number of oxazole rings is 1. The van der Waals surface area contributed by atoms with Crippen LogP contribution in [0, 0.1) is 0 Å². The minimum Gasteiger partial charge on any atom is -0.408 e. The molecule has 162 valence electrons. The average molecular weight is 443 g/mol. The molecule has 1 N–H and O–H groups in total. The van der Waals surface area contributed by atoms with E-state index in [0.29, 0.717) is 54.4 Å². The number of halogens is 1. The number of hydrogen-bond donors (Lipinski definition) is 1. The van der Waals surface area contributed by atoms with E-state index in [0.717, 1.165) is 0 Å². The van der Waals surface area contributed by atoms with E-state index in [1.54, 1.807) is 65.3 Å². The Balaban J connectivity index is 1.43. The van der Waals surface area contributed by atoms with Gasteiger partial charge in [-0.15, -0.1) is 0 Å². The lowest BCUT2D eigenvalue weighted by molar-refractivity contribution is -0.134. The standard InChI is InChI=1S/C22H23ClN4O4/c1-15(27-18-8-2-3-9-19(18)31-22(27)30)20(28)25-10-5-11-26(13-12-25)21(29)24-17-7-4-6-16(23)14-17/h2-4,6-9,14-15H,5,10-13H2,1H3,(H,24,29). The largest absolute Gasteiger partial charge is 0.420 e. The van der Waals surface area contributed by atoms with E-state index >= 15 is 0 Å². The fourth-order valence-corrected chi connectivity index (χ4v) is 4.03. The summed E-state index contributed by atoms with van der Waals surface area (Å²) in [5.41, 5.74) is 1.66. The van der Waals surface area contributed by atoms with Gasteiger partial charge in [0.2, 0.25) is 5.91 Å². The lowest BCUT2D eigenvalue weighted by Gasteiger charge is -2.25. The van der Waals surface area contributed by atoms with Crippen LogP contribution in [0.2, 0.25) is 5.02 Å². The van der Waals surface area contributed by atoms with Crippen molar-refractivity contribution < 1.29 is 14.0 Å². The van der Waals surface area contributed by atoms with Crippen molar-refractivity contribution in [1.82, 2.24) is 14.4 Å². The van der Waals surface area contributed by atoms with Crippen LogP contribution >= 0.6 is 11.6 Å². The van der Waals surface area contributed by atoms with Crippen LogP contribution in [-0.4, -0.2) is 52.5 Å². The second kappa shape index (κ2) is 8.85. The molecule has 4 rings (SSSR count). The Hall–Kier alpha value is -3.26. The van der Waals surface area contributed by atoms with Gasteiger partial charge in [0, 0.05) is 36.9 Å². The van der Waals surface area contributed by atoms with Crippen LogP contribution in [0.15, 0.2) is 57.7 Å². The van der Waals surface area contributed by atoms with E-state index in [4.69, 9.17) is 16.0 Å². The summed E-state index contributed by atoms with van der Waals surface area (Å²) in [7, 11) is 0. The molecular weight excluding hydrogens is 420 g/mol. The summed E-state index contributed by atoms with van der Waals surface area (Å²) < 4.78 is 6.64. The molecule has 1 atom stereocenters. The molecule has 1 saturated heterocycles. The highest BCUT2D eigenvalue weighted by atomic mass is 35.5. The Morgan fingerprint density at radius 2 is 1.77 bits per heavy atom. The summed E-state index contributed by atoms with van der Waals surface area (Å²) in [6.45, 7) is 3.51. The Kier molecular flexibility index (Phi) is 5.99. The molecule has 1 unspecified atom stereocenters. The van der Waals surface area contributed by atoms with Crippen molar-refractivity contribution in [2.75, 3.05) is 31.5 Å². The highest BCUT2D eigenvalue weighted by Crippen LogP contribution is 2.20. The second-order valence-electron chi connectivity index (χ2n) is 7.49. The maximum absolute atomic E-state index is 13.1. The maximum Gasteiger partial charge on any atom is 0.420 e. The van der Waals surface area contributed by atoms with Crippen molar-refractivity contribution in [3.05, 3.63) is 64.1 Å². The van der Waals surface area contributed by atoms with Gasteiger partial charge in [0.05, 0.1) is 5.52 Å². The summed E-state index contributed by atoms with van der Waals surface area (Å²) in [5.74, 6) is -0.731. The number of para-hydroxylation sites is 2. The first-order chi connectivity index (χ1) is 14.9. The van der Waals surface area contributed by atoms with Crippen LogP contribution in [-0.2, 0) is 4.79 Å². The molecule has 0 aliphatic carbocycles. The minimum absolute atomic E-state index is 0.175. The lowest BCUT2D eigenvalue weighted by Crippen LogP contribution is -2.42. The zero-order chi connectivity index (χ0) is 22.0. The number of aromatic nitrogens is 1. The Labute approximate surface area is 184 Å². The van der Waals surface area contributed by atoms with Gasteiger partial charge in [-0.25, -0.2) is 9.59 Å². The topological polar surface area (TPSA) is 87.8 Å². The predicted octanol–water partition coefficient (Wildman–Crippen LogP) is 3.58. The third-order valence-corrected chi connectivity index (χ3v) is 5.67. The summed E-state index contributed by atoms with van der Waals surface area (Å²) in [6.07, 6.45) is 0.641. The van der Waals surface area contributed by atoms with Crippen LogP contribution in [0.5, 0.6) is 0 Å². The molecule has 3 amide bonds. The number of nitrogens with zero attached hydrogens (tertiary/aromatic N) is 3. The highest BCUT2D eigenvalue weighted by Gasteiger charge is 2.28. The molecule has 2 heterocycles. The number of anilines is 1. The van der Waals surface area contributed by atoms with E-state index in [2.05, 4.69) is 5.32 Å². The summed E-state index contributed by atoms with van der Waals surface area (Å²) in [5, 5.41) is 3.38. The molecule has 1 aromatic heterocycles. The minimum atomic E-state index is -0.706. The van der Waals surface area contributed by atoms with E-state index < -0.39 is 11.8 Å². The molecule has 1 aliphatic rings. The van der Waals surface area contributed by atoms with Crippen molar-refractivity contribution in [1.29, 1.82) is 0 Å². The zero-order valence-corrected chi connectivity index (χ0v) is 17.8. The number of urea groups is 1. The van der Waals surface area contributed by atoms with E-state index in [-0.39, 0.29) is 11.9 Å². The van der Waals surface area contributed by atoms with Crippen molar-refractivity contribution in [2.45, 2.75) is 19.4 Å². The lowest BCUT2D eigenvalue weighted by atomic mass is 10.2. The number of hydrogen-bond acceptors (Lipinski definition) is 4. The quantitative estimate of drug-likeness (QED) is 0.671. The van der Waals surface area contributed by atoms with E-state index in [9.17, 15) is 14.4 Å². The van der Waals surface area contributed by atoms with Gasteiger partial charge < -0.3 is 19.5 Å². The van der Waals surface area contributed by atoms with Gasteiger partial charge in [0.1, 0.15) is 6.04 Å². The molecular formula is C22H23ClN4O4. The number of rotatable bonds is 3. The molecule has 0 radical (unpaired) electrons. The monoisotopic (exact) mass is 442 g/mol. The van der Waals surface area contributed by atoms with Crippen molar-refractivity contribution in [3.8, 4) is 0 Å².